The maximum atomic E-state index is 6.07. The molecule has 2 aromatic heterocycles. The molecule has 1 unspecified atom stereocenters. The average molecular weight is 282 g/mol. The van der Waals surface area contributed by atoms with Crippen LogP contribution < -0.4 is 5.73 Å². The molecule has 0 aliphatic carbocycles. The maximum absolute atomic E-state index is 6.07. The first kappa shape index (κ1) is 13.7. The molecule has 5 nitrogen and oxygen atoms in total. The molecule has 108 valence electrons. The van der Waals surface area contributed by atoms with Crippen molar-refractivity contribution < 1.29 is 4.52 Å². The summed E-state index contributed by atoms with van der Waals surface area (Å²) < 4.78 is 5.30. The van der Waals surface area contributed by atoms with Crippen molar-refractivity contribution in [3.63, 3.8) is 0 Å². The van der Waals surface area contributed by atoms with Crippen molar-refractivity contribution >= 4 is 10.8 Å². The number of hydrogen-bond acceptors (Lipinski definition) is 5. The summed E-state index contributed by atoms with van der Waals surface area (Å²) in [6.07, 6.45) is 4.75. The van der Waals surface area contributed by atoms with Gasteiger partial charge in [0.05, 0.1) is 6.04 Å². The lowest BCUT2D eigenvalue weighted by atomic mass is 10.1. The van der Waals surface area contributed by atoms with Crippen LogP contribution in [0.2, 0.25) is 0 Å². The van der Waals surface area contributed by atoms with Gasteiger partial charge in [0.25, 0.3) is 0 Å². The zero-order valence-corrected chi connectivity index (χ0v) is 12.0. The highest BCUT2D eigenvalue weighted by atomic mass is 16.5. The van der Waals surface area contributed by atoms with Gasteiger partial charge in [-0.3, -0.25) is 4.98 Å². The molecule has 3 rings (SSSR count). The minimum absolute atomic E-state index is 0.207. The Morgan fingerprint density at radius 3 is 2.95 bits per heavy atom. The quantitative estimate of drug-likeness (QED) is 0.775. The van der Waals surface area contributed by atoms with Gasteiger partial charge >= 0.3 is 0 Å². The fourth-order valence-corrected chi connectivity index (χ4v) is 2.33. The van der Waals surface area contributed by atoms with Crippen LogP contribution in [0.15, 0.2) is 41.1 Å². The van der Waals surface area contributed by atoms with Gasteiger partial charge in [-0.25, -0.2) is 0 Å². The molecule has 0 saturated carbocycles. The molecule has 0 bridgehead atoms. The summed E-state index contributed by atoms with van der Waals surface area (Å²) >= 11 is 0. The van der Waals surface area contributed by atoms with E-state index in [1.807, 2.05) is 30.3 Å². The number of nitrogens with two attached hydrogens (primary N) is 1. The molecule has 0 spiro atoms. The van der Waals surface area contributed by atoms with Crippen molar-refractivity contribution in [2.24, 2.45) is 5.73 Å². The maximum Gasteiger partial charge on any atom is 0.243 e. The number of hydrogen-bond donors (Lipinski definition) is 1. The number of unbranched alkanes of at least 4 members (excludes halogenated alkanes) is 1. The summed E-state index contributed by atoms with van der Waals surface area (Å²) in [4.78, 5) is 8.80. The number of benzene rings is 1. The fourth-order valence-electron chi connectivity index (χ4n) is 2.33. The van der Waals surface area contributed by atoms with E-state index in [9.17, 15) is 0 Å². The second kappa shape index (κ2) is 6.01. The third-order valence-corrected chi connectivity index (χ3v) is 3.51. The van der Waals surface area contributed by atoms with E-state index >= 15 is 0 Å². The Labute approximate surface area is 123 Å². The zero-order chi connectivity index (χ0) is 14.7. The average Bonchev–Trinajstić information content (AvgIpc) is 3.02. The molecular weight excluding hydrogens is 264 g/mol. The standard InChI is InChI=1S/C16H18N4O/c1-2-3-8-13(17)16-19-15(20-21-16)14-12-7-5-4-6-11(12)9-10-18-14/h4-7,9-10,13H,2-3,8,17H2,1H3. The molecule has 0 aliphatic heterocycles. The first-order chi connectivity index (χ1) is 10.3. The Kier molecular flexibility index (Phi) is 3.92. The Bertz CT molecular complexity index is 732. The van der Waals surface area contributed by atoms with E-state index in [0.29, 0.717) is 11.7 Å². The predicted molar refractivity (Wildman–Crippen MR) is 81.5 cm³/mol. The second-order valence-corrected chi connectivity index (χ2v) is 5.09. The Morgan fingerprint density at radius 1 is 1.24 bits per heavy atom. The van der Waals surface area contributed by atoms with Crippen LogP contribution in [0.4, 0.5) is 0 Å². The van der Waals surface area contributed by atoms with Crippen LogP contribution in [0.5, 0.6) is 0 Å². The number of aromatic nitrogens is 3. The van der Waals surface area contributed by atoms with E-state index in [4.69, 9.17) is 10.3 Å². The highest BCUT2D eigenvalue weighted by Gasteiger charge is 2.17. The van der Waals surface area contributed by atoms with Crippen LogP contribution in [0.1, 0.15) is 38.1 Å². The van der Waals surface area contributed by atoms with E-state index in [1.54, 1.807) is 6.20 Å². The molecule has 1 atom stereocenters. The highest BCUT2D eigenvalue weighted by molar-refractivity contribution is 5.92. The smallest absolute Gasteiger partial charge is 0.243 e. The summed E-state index contributed by atoms with van der Waals surface area (Å²) in [6.45, 7) is 2.13. The van der Waals surface area contributed by atoms with Crippen LogP contribution in [0.25, 0.3) is 22.3 Å². The monoisotopic (exact) mass is 282 g/mol. The molecule has 0 aliphatic rings. The molecule has 21 heavy (non-hydrogen) atoms. The lowest BCUT2D eigenvalue weighted by Gasteiger charge is -2.04. The minimum atomic E-state index is -0.207. The third kappa shape index (κ3) is 2.78. The molecule has 0 saturated heterocycles. The van der Waals surface area contributed by atoms with E-state index in [2.05, 4.69) is 22.0 Å². The van der Waals surface area contributed by atoms with Crippen molar-refractivity contribution in [1.82, 2.24) is 15.1 Å². The van der Waals surface area contributed by atoms with Crippen molar-refractivity contribution in [3.05, 3.63) is 42.4 Å². The Hall–Kier alpha value is -2.27. The lowest BCUT2D eigenvalue weighted by Crippen LogP contribution is -2.10. The summed E-state index contributed by atoms with van der Waals surface area (Å²) in [7, 11) is 0. The lowest BCUT2D eigenvalue weighted by molar-refractivity contribution is 0.346. The normalized spacial score (nSPS) is 12.7. The zero-order valence-electron chi connectivity index (χ0n) is 12.0. The summed E-state index contributed by atoms with van der Waals surface area (Å²) in [6, 6.07) is 9.77. The number of fused-ring (bicyclic) bond motifs is 1. The van der Waals surface area contributed by atoms with Crippen molar-refractivity contribution in [3.8, 4) is 11.5 Å². The first-order valence-corrected chi connectivity index (χ1v) is 7.23. The fraction of sp³-hybridized carbons (Fsp3) is 0.312. The highest BCUT2D eigenvalue weighted by Crippen LogP contribution is 2.25. The second-order valence-electron chi connectivity index (χ2n) is 5.09. The molecule has 0 amide bonds. The Morgan fingerprint density at radius 2 is 2.10 bits per heavy atom. The van der Waals surface area contributed by atoms with Crippen molar-refractivity contribution in [2.75, 3.05) is 0 Å². The summed E-state index contributed by atoms with van der Waals surface area (Å²) in [5, 5.41) is 6.15. The van der Waals surface area contributed by atoms with Gasteiger partial charge < -0.3 is 10.3 Å². The summed E-state index contributed by atoms with van der Waals surface area (Å²) in [5.74, 6) is 0.974. The Balaban J connectivity index is 1.95. The van der Waals surface area contributed by atoms with Gasteiger partial charge in [0.1, 0.15) is 5.69 Å². The topological polar surface area (TPSA) is 77.8 Å². The molecule has 2 N–H and O–H groups in total. The van der Waals surface area contributed by atoms with E-state index in [0.717, 1.165) is 35.7 Å². The van der Waals surface area contributed by atoms with Gasteiger partial charge in [-0.1, -0.05) is 49.2 Å². The first-order valence-electron chi connectivity index (χ1n) is 7.23. The van der Waals surface area contributed by atoms with Gasteiger partial charge in [-0.05, 0) is 17.9 Å². The van der Waals surface area contributed by atoms with Gasteiger partial charge in [-0.15, -0.1) is 0 Å². The van der Waals surface area contributed by atoms with Crippen LogP contribution in [-0.2, 0) is 0 Å². The van der Waals surface area contributed by atoms with Crippen molar-refractivity contribution in [1.29, 1.82) is 0 Å². The SMILES string of the molecule is CCCCC(N)c1nc(-c2nccc3ccccc23)no1. The van der Waals surface area contributed by atoms with Crippen LogP contribution in [0.3, 0.4) is 0 Å². The van der Waals surface area contributed by atoms with Gasteiger partial charge in [-0.2, -0.15) is 4.98 Å². The molecule has 5 heteroatoms. The van der Waals surface area contributed by atoms with Crippen molar-refractivity contribution in [2.45, 2.75) is 32.2 Å². The molecule has 0 fully saturated rings. The molecular formula is C16H18N4O. The van der Waals surface area contributed by atoms with Gasteiger partial charge in [0, 0.05) is 11.6 Å². The van der Waals surface area contributed by atoms with E-state index in [-0.39, 0.29) is 6.04 Å². The number of nitrogens with zero attached hydrogens (tertiary/aromatic N) is 3. The number of pyridine rings is 1. The van der Waals surface area contributed by atoms with Gasteiger partial charge in [0.15, 0.2) is 0 Å². The van der Waals surface area contributed by atoms with Crippen LogP contribution in [0, 0.1) is 0 Å². The van der Waals surface area contributed by atoms with Crippen LogP contribution in [-0.4, -0.2) is 15.1 Å². The molecule has 0 radical (unpaired) electrons. The molecule has 3 aromatic rings. The summed E-state index contributed by atoms with van der Waals surface area (Å²) in [5.41, 5.74) is 6.80. The van der Waals surface area contributed by atoms with E-state index < -0.39 is 0 Å². The molecule has 2 heterocycles. The minimum Gasteiger partial charge on any atom is -0.337 e. The van der Waals surface area contributed by atoms with Gasteiger partial charge in [0.2, 0.25) is 11.7 Å². The predicted octanol–water partition coefficient (Wildman–Crippen LogP) is 3.47. The third-order valence-electron chi connectivity index (χ3n) is 3.51. The molecule has 1 aromatic carbocycles. The van der Waals surface area contributed by atoms with Crippen LogP contribution >= 0.6 is 0 Å². The largest absolute Gasteiger partial charge is 0.337 e. The van der Waals surface area contributed by atoms with E-state index in [1.165, 1.54) is 0 Å². The number of rotatable bonds is 5.